The third kappa shape index (κ3) is 4.04. The molecule has 2 aromatic heterocycles. The number of sulfonamides is 1. The summed E-state index contributed by atoms with van der Waals surface area (Å²) in [5.74, 6) is 2.20. The molecule has 3 rings (SSSR count). The lowest BCUT2D eigenvalue weighted by atomic mass is 10.3. The number of benzene rings is 1. The Morgan fingerprint density at radius 3 is 2.24 bits per heavy atom. The average molecular weight is 361 g/mol. The van der Waals surface area contributed by atoms with Crippen LogP contribution in [0.3, 0.4) is 0 Å². The number of anilines is 3. The lowest BCUT2D eigenvalue weighted by Crippen LogP contribution is -2.14. The number of nitrogens with one attached hydrogen (secondary N) is 2. The van der Waals surface area contributed by atoms with Crippen LogP contribution in [0.5, 0.6) is 5.75 Å². The minimum Gasteiger partial charge on any atom is -0.497 e. The van der Waals surface area contributed by atoms with Gasteiger partial charge in [-0.2, -0.15) is 0 Å². The molecule has 2 heterocycles. The zero-order valence-electron chi connectivity index (χ0n) is 13.4. The second-order valence-electron chi connectivity index (χ2n) is 5.03. The molecule has 2 N–H and O–H groups in total. The maximum atomic E-state index is 12.3. The molecule has 1 aromatic carbocycles. The summed E-state index contributed by atoms with van der Waals surface area (Å²) in [5.41, 5.74) is 0. The van der Waals surface area contributed by atoms with Crippen molar-refractivity contribution in [2.75, 3.05) is 17.1 Å². The van der Waals surface area contributed by atoms with Gasteiger partial charge in [0.25, 0.3) is 10.0 Å². The number of nitrogens with zero attached hydrogens (tertiary/aromatic N) is 3. The van der Waals surface area contributed by atoms with Crippen LogP contribution in [-0.2, 0) is 10.0 Å². The van der Waals surface area contributed by atoms with E-state index in [1.165, 1.54) is 25.3 Å². The van der Waals surface area contributed by atoms with Gasteiger partial charge in [-0.25, -0.2) is 8.42 Å². The van der Waals surface area contributed by atoms with E-state index in [-0.39, 0.29) is 10.7 Å². The van der Waals surface area contributed by atoms with Gasteiger partial charge in [0.05, 0.1) is 12.0 Å². The van der Waals surface area contributed by atoms with E-state index in [1.54, 1.807) is 31.2 Å². The highest BCUT2D eigenvalue weighted by atomic mass is 32.2. The van der Waals surface area contributed by atoms with Crippen molar-refractivity contribution in [3.8, 4) is 5.75 Å². The van der Waals surface area contributed by atoms with Gasteiger partial charge in [0.2, 0.25) is 0 Å². The molecule has 0 aliphatic rings. The smallest absolute Gasteiger partial charge is 0.263 e. The van der Waals surface area contributed by atoms with Gasteiger partial charge in [0.15, 0.2) is 17.5 Å². The third-order valence-electron chi connectivity index (χ3n) is 3.16. The molecule has 0 saturated carbocycles. The average Bonchev–Trinajstić information content (AvgIpc) is 3.01. The van der Waals surface area contributed by atoms with Crippen LogP contribution in [0.15, 0.2) is 51.9 Å². The summed E-state index contributed by atoms with van der Waals surface area (Å²) in [6.45, 7) is 1.76. The van der Waals surface area contributed by atoms with Crippen LogP contribution in [0.2, 0.25) is 0 Å². The quantitative estimate of drug-likeness (QED) is 0.686. The summed E-state index contributed by atoms with van der Waals surface area (Å²) in [6.07, 6.45) is 0. The standard InChI is InChI=1S/C15H15N5O4S/c1-10-9-15(19-24-10)16-13-7-8-14(18-17-13)20-25(21,22)12-5-3-11(23-2)4-6-12/h3-9H,1-2H3,(H,18,20)(H,16,17,19). The maximum Gasteiger partial charge on any atom is 0.263 e. The van der Waals surface area contributed by atoms with E-state index in [2.05, 4.69) is 25.4 Å². The summed E-state index contributed by atoms with van der Waals surface area (Å²) in [4.78, 5) is 0.0929. The molecule has 0 saturated heterocycles. The molecule has 0 radical (unpaired) electrons. The van der Waals surface area contributed by atoms with E-state index in [4.69, 9.17) is 9.26 Å². The monoisotopic (exact) mass is 361 g/mol. The van der Waals surface area contributed by atoms with E-state index in [9.17, 15) is 8.42 Å². The van der Waals surface area contributed by atoms with E-state index < -0.39 is 10.0 Å². The van der Waals surface area contributed by atoms with Gasteiger partial charge < -0.3 is 14.6 Å². The summed E-state index contributed by atoms with van der Waals surface area (Å²) in [7, 11) is -2.26. The van der Waals surface area contributed by atoms with Crippen LogP contribution in [0.1, 0.15) is 5.76 Å². The zero-order valence-corrected chi connectivity index (χ0v) is 14.2. The molecular weight excluding hydrogens is 346 g/mol. The summed E-state index contributed by atoms with van der Waals surface area (Å²) < 4.78 is 36.9. The van der Waals surface area contributed by atoms with Gasteiger partial charge in [0, 0.05) is 6.07 Å². The highest BCUT2D eigenvalue weighted by molar-refractivity contribution is 7.92. The van der Waals surface area contributed by atoms with Crippen molar-refractivity contribution >= 4 is 27.5 Å². The van der Waals surface area contributed by atoms with Gasteiger partial charge in [-0.3, -0.25) is 4.72 Å². The van der Waals surface area contributed by atoms with Crippen molar-refractivity contribution < 1.29 is 17.7 Å². The molecule has 0 aliphatic heterocycles. The zero-order chi connectivity index (χ0) is 17.9. The van der Waals surface area contributed by atoms with Crippen molar-refractivity contribution in [2.24, 2.45) is 0 Å². The number of aromatic nitrogens is 3. The Kier molecular flexibility index (Phi) is 4.52. The Labute approximate surface area is 144 Å². The first kappa shape index (κ1) is 16.7. The van der Waals surface area contributed by atoms with Crippen LogP contribution in [0, 0.1) is 6.92 Å². The molecule has 25 heavy (non-hydrogen) atoms. The van der Waals surface area contributed by atoms with Gasteiger partial charge in [0.1, 0.15) is 11.5 Å². The Morgan fingerprint density at radius 1 is 1.00 bits per heavy atom. The van der Waals surface area contributed by atoms with E-state index >= 15 is 0 Å². The molecule has 3 aromatic rings. The maximum absolute atomic E-state index is 12.3. The largest absolute Gasteiger partial charge is 0.497 e. The molecule has 0 unspecified atom stereocenters. The first-order valence-electron chi connectivity index (χ1n) is 7.17. The second kappa shape index (κ2) is 6.77. The fraction of sp³-hybridized carbons (Fsp3) is 0.133. The van der Waals surface area contributed by atoms with E-state index in [0.717, 1.165) is 0 Å². The van der Waals surface area contributed by atoms with Crippen molar-refractivity contribution in [2.45, 2.75) is 11.8 Å². The number of rotatable bonds is 6. The topological polar surface area (TPSA) is 119 Å². The Bertz CT molecular complexity index is 952. The van der Waals surface area contributed by atoms with Crippen LogP contribution in [0.4, 0.5) is 17.5 Å². The lowest BCUT2D eigenvalue weighted by Gasteiger charge is -2.08. The summed E-state index contributed by atoms with van der Waals surface area (Å²) in [5, 5.41) is 14.4. The van der Waals surface area contributed by atoms with Crippen molar-refractivity contribution in [1.82, 2.24) is 15.4 Å². The Balaban J connectivity index is 1.71. The number of hydrogen-bond acceptors (Lipinski definition) is 8. The molecular formula is C15H15N5O4S. The van der Waals surface area contributed by atoms with Crippen LogP contribution < -0.4 is 14.8 Å². The molecule has 0 fully saturated rings. The fourth-order valence-corrected chi connectivity index (χ4v) is 2.96. The molecule has 0 bridgehead atoms. The number of methoxy groups -OCH3 is 1. The molecule has 0 aliphatic carbocycles. The Hall–Kier alpha value is -3.14. The van der Waals surface area contributed by atoms with Crippen molar-refractivity contribution in [1.29, 1.82) is 0 Å². The normalized spacial score (nSPS) is 11.1. The van der Waals surface area contributed by atoms with Gasteiger partial charge >= 0.3 is 0 Å². The third-order valence-corrected chi connectivity index (χ3v) is 4.53. The van der Waals surface area contributed by atoms with Gasteiger partial charge in [-0.15, -0.1) is 10.2 Å². The highest BCUT2D eigenvalue weighted by Gasteiger charge is 2.15. The van der Waals surface area contributed by atoms with Crippen LogP contribution >= 0.6 is 0 Å². The highest BCUT2D eigenvalue weighted by Crippen LogP contribution is 2.19. The predicted molar refractivity (Wildman–Crippen MR) is 90.4 cm³/mol. The molecule has 0 spiro atoms. The molecule has 9 nitrogen and oxygen atoms in total. The minimum atomic E-state index is -3.76. The predicted octanol–water partition coefficient (Wildman–Crippen LogP) is 2.33. The van der Waals surface area contributed by atoms with Crippen LogP contribution in [-0.4, -0.2) is 30.9 Å². The molecule has 130 valence electrons. The molecule has 0 atom stereocenters. The second-order valence-corrected chi connectivity index (χ2v) is 6.72. The summed E-state index contributed by atoms with van der Waals surface area (Å²) in [6, 6.07) is 10.8. The van der Waals surface area contributed by atoms with Crippen LogP contribution in [0.25, 0.3) is 0 Å². The molecule has 0 amide bonds. The number of hydrogen-bond donors (Lipinski definition) is 2. The fourth-order valence-electron chi connectivity index (χ4n) is 1.96. The van der Waals surface area contributed by atoms with Gasteiger partial charge in [-0.05, 0) is 43.3 Å². The SMILES string of the molecule is COc1ccc(S(=O)(=O)Nc2ccc(Nc3cc(C)on3)nn2)cc1. The Morgan fingerprint density at radius 2 is 1.68 bits per heavy atom. The van der Waals surface area contributed by atoms with Gasteiger partial charge in [-0.1, -0.05) is 5.16 Å². The lowest BCUT2D eigenvalue weighted by molar-refractivity contribution is 0.400. The minimum absolute atomic E-state index is 0.0929. The first-order chi connectivity index (χ1) is 12.0. The van der Waals surface area contributed by atoms with Crippen molar-refractivity contribution in [3.05, 3.63) is 48.2 Å². The molecule has 10 heteroatoms. The first-order valence-corrected chi connectivity index (χ1v) is 8.65. The van der Waals surface area contributed by atoms with E-state index in [0.29, 0.717) is 23.1 Å². The summed E-state index contributed by atoms with van der Waals surface area (Å²) >= 11 is 0. The van der Waals surface area contributed by atoms with Crippen molar-refractivity contribution in [3.63, 3.8) is 0 Å². The van der Waals surface area contributed by atoms with E-state index in [1.807, 2.05) is 0 Å². The number of ether oxygens (including phenoxy) is 1. The number of aryl methyl sites for hydroxylation is 1.